The summed E-state index contributed by atoms with van der Waals surface area (Å²) in [5.41, 5.74) is -3.00. The van der Waals surface area contributed by atoms with Crippen LogP contribution in [0.25, 0.3) is 0 Å². The summed E-state index contributed by atoms with van der Waals surface area (Å²) in [5.74, 6) is -2.23. The molecule has 4 saturated carbocycles. The van der Waals surface area contributed by atoms with E-state index in [9.17, 15) is 53.8 Å². The SMILES string of the molecule is COC1COC(OC2C(OC[C@@H](C)[C@H](C)/C=C/C(C)[C@H]3CC(O)C4[C@]5(O)CC(OS(=O)(=O)O)C6[C@@H](O)[C@@H](O)CC[C@]6(C)C5CC[C@@]43C)OC([C@H](O)CO)C2O)C(OC)C1O. The van der Waals surface area contributed by atoms with Gasteiger partial charge in [-0.2, -0.15) is 8.42 Å². The van der Waals surface area contributed by atoms with Crippen molar-refractivity contribution in [1.29, 1.82) is 0 Å². The zero-order chi connectivity index (χ0) is 44.3. The summed E-state index contributed by atoms with van der Waals surface area (Å²) in [6, 6.07) is 0. The molecular formula is C41H70O18S. The van der Waals surface area contributed by atoms with Crippen LogP contribution in [0.1, 0.15) is 73.1 Å². The first-order chi connectivity index (χ1) is 28.1. The summed E-state index contributed by atoms with van der Waals surface area (Å²) in [7, 11) is -2.18. The number of allylic oxidation sites excluding steroid dienone is 2. The van der Waals surface area contributed by atoms with Gasteiger partial charge in [0.25, 0.3) is 0 Å². The topological polar surface area (TPSA) is 281 Å². The van der Waals surface area contributed by atoms with Gasteiger partial charge < -0.3 is 69.3 Å². The fourth-order valence-corrected chi connectivity index (χ4v) is 13.1. The maximum atomic E-state index is 12.8. The van der Waals surface area contributed by atoms with Crippen molar-refractivity contribution in [2.45, 2.75) is 158 Å². The third-order valence-corrected chi connectivity index (χ3v) is 16.4. The lowest BCUT2D eigenvalue weighted by molar-refractivity contribution is -0.310. The fourth-order valence-electron chi connectivity index (χ4n) is 12.6. The molecule has 0 radical (unpaired) electrons. The van der Waals surface area contributed by atoms with Crippen LogP contribution in [-0.4, -0.2) is 173 Å². The van der Waals surface area contributed by atoms with Gasteiger partial charge in [0.05, 0.1) is 49.8 Å². The van der Waals surface area contributed by atoms with Crippen LogP contribution in [-0.2, 0) is 43.0 Å². The van der Waals surface area contributed by atoms with Crippen molar-refractivity contribution >= 4 is 10.4 Å². The summed E-state index contributed by atoms with van der Waals surface area (Å²) in [6.45, 7) is 9.48. The van der Waals surface area contributed by atoms with E-state index in [1.165, 1.54) is 14.2 Å². The van der Waals surface area contributed by atoms with Crippen molar-refractivity contribution in [2.24, 2.45) is 52.3 Å². The molecule has 348 valence electrons. The van der Waals surface area contributed by atoms with Crippen LogP contribution in [0.5, 0.6) is 0 Å². The summed E-state index contributed by atoms with van der Waals surface area (Å²) in [5, 5.41) is 88.3. The Morgan fingerprint density at radius 1 is 0.867 bits per heavy atom. The van der Waals surface area contributed by atoms with Gasteiger partial charge in [0.1, 0.15) is 42.7 Å². The molecule has 60 heavy (non-hydrogen) atoms. The maximum Gasteiger partial charge on any atom is 0.397 e. The fraction of sp³-hybridized carbons (Fsp3) is 0.951. The van der Waals surface area contributed by atoms with E-state index in [0.717, 1.165) is 0 Å². The van der Waals surface area contributed by atoms with Crippen LogP contribution in [0, 0.1) is 52.3 Å². The highest BCUT2D eigenvalue weighted by Crippen LogP contribution is 2.70. The molecular weight excluding hydrogens is 812 g/mol. The molecule has 0 bridgehead atoms. The molecule has 23 atom stereocenters. The standard InChI is InChI=1S/C41H70O18S/c1-19(21(3)17-55-38-35(32(48)33(57-38)25(45)16-42)58-37-34(54-7)31(47)27(53-6)18-56-37)8-9-20(2)22-14-24(44)36-39(22,4)13-11-28-40(5)12-10-23(43)30(46)29(40)26(15-41(28,36)49)59-60(50,51)52/h8-9,19-38,42-49H,10-18H2,1-7H3,(H,50,51,52)/b9-8+/t19-,20?,21-,22-,23+,24?,25-,26?,27?,28?,29?,30+,31?,32?,33?,34?,35?,36?,37?,38?,39-,40-,41+/m1/s1. The van der Waals surface area contributed by atoms with Crippen molar-refractivity contribution in [3.63, 3.8) is 0 Å². The quantitative estimate of drug-likeness (QED) is 0.0768. The highest BCUT2D eigenvalue weighted by Gasteiger charge is 2.72. The highest BCUT2D eigenvalue weighted by molar-refractivity contribution is 7.80. The van der Waals surface area contributed by atoms with Gasteiger partial charge in [0.2, 0.25) is 0 Å². The van der Waals surface area contributed by atoms with E-state index in [4.69, 9.17) is 32.6 Å². The third-order valence-electron chi connectivity index (χ3n) is 15.9. The lowest BCUT2D eigenvalue weighted by atomic mass is 9.41. The van der Waals surface area contributed by atoms with E-state index < -0.39 is 131 Å². The molecule has 2 aliphatic heterocycles. The van der Waals surface area contributed by atoms with Crippen LogP contribution in [0.2, 0.25) is 0 Å². The molecule has 2 heterocycles. The van der Waals surface area contributed by atoms with E-state index in [2.05, 4.69) is 26.0 Å². The first kappa shape index (κ1) is 48.5. The van der Waals surface area contributed by atoms with Gasteiger partial charge in [-0.05, 0) is 72.5 Å². The second-order valence-corrected chi connectivity index (χ2v) is 20.3. The van der Waals surface area contributed by atoms with E-state index in [1.54, 1.807) is 0 Å². The van der Waals surface area contributed by atoms with E-state index in [-0.39, 0.29) is 49.7 Å². The van der Waals surface area contributed by atoms with E-state index >= 15 is 0 Å². The van der Waals surface area contributed by atoms with Crippen molar-refractivity contribution in [1.82, 2.24) is 0 Å². The molecule has 2 saturated heterocycles. The van der Waals surface area contributed by atoms with Crippen LogP contribution >= 0.6 is 0 Å². The van der Waals surface area contributed by atoms with E-state index in [1.807, 2.05) is 20.8 Å². The number of rotatable bonds is 15. The zero-order valence-electron chi connectivity index (χ0n) is 35.7. The Labute approximate surface area is 353 Å². The first-order valence-electron chi connectivity index (χ1n) is 21.4. The summed E-state index contributed by atoms with van der Waals surface area (Å²) >= 11 is 0. The molecule has 0 amide bonds. The molecule has 19 heteroatoms. The van der Waals surface area contributed by atoms with Crippen LogP contribution in [0.15, 0.2) is 12.2 Å². The molecule has 18 nitrogen and oxygen atoms in total. The Morgan fingerprint density at radius 3 is 2.18 bits per heavy atom. The van der Waals surface area contributed by atoms with Gasteiger partial charge in [0.15, 0.2) is 12.6 Å². The lowest BCUT2D eigenvalue weighted by Crippen LogP contribution is -2.71. The number of aliphatic hydroxyl groups excluding tert-OH is 7. The second kappa shape index (κ2) is 18.5. The van der Waals surface area contributed by atoms with Gasteiger partial charge in [-0.3, -0.25) is 4.55 Å². The number of ether oxygens (including phenoxy) is 6. The summed E-state index contributed by atoms with van der Waals surface area (Å²) in [6.07, 6.45) is -8.83. The number of aliphatic hydroxyl groups is 8. The van der Waals surface area contributed by atoms with Gasteiger partial charge in [0, 0.05) is 32.5 Å². The third kappa shape index (κ3) is 8.88. The Hall–Kier alpha value is -0.950. The van der Waals surface area contributed by atoms with Gasteiger partial charge >= 0.3 is 10.4 Å². The predicted octanol–water partition coefficient (Wildman–Crippen LogP) is -0.0869. The maximum absolute atomic E-state index is 12.8. The molecule has 0 aromatic rings. The highest BCUT2D eigenvalue weighted by atomic mass is 32.3. The minimum Gasteiger partial charge on any atom is -0.394 e. The lowest BCUT2D eigenvalue weighted by Gasteiger charge is -2.66. The minimum atomic E-state index is -4.99. The number of fused-ring (bicyclic) bond motifs is 5. The van der Waals surface area contributed by atoms with Crippen LogP contribution in [0.4, 0.5) is 0 Å². The molecule has 0 aromatic carbocycles. The molecule has 6 aliphatic rings. The largest absolute Gasteiger partial charge is 0.397 e. The first-order valence-corrected chi connectivity index (χ1v) is 22.8. The minimum absolute atomic E-state index is 0.0104. The van der Waals surface area contributed by atoms with Crippen molar-refractivity contribution in [3.05, 3.63) is 12.2 Å². The summed E-state index contributed by atoms with van der Waals surface area (Å²) < 4.78 is 73.8. The summed E-state index contributed by atoms with van der Waals surface area (Å²) in [4.78, 5) is 0. The predicted molar refractivity (Wildman–Crippen MR) is 210 cm³/mol. The van der Waals surface area contributed by atoms with Crippen LogP contribution in [0.3, 0.4) is 0 Å². The van der Waals surface area contributed by atoms with Gasteiger partial charge in [-0.1, -0.05) is 46.8 Å². The van der Waals surface area contributed by atoms with Crippen molar-refractivity contribution in [2.75, 3.05) is 34.0 Å². The number of methoxy groups -OCH3 is 2. The van der Waals surface area contributed by atoms with Crippen molar-refractivity contribution < 1.29 is 86.4 Å². The molecule has 6 fully saturated rings. The Kier molecular flexibility index (Phi) is 15.0. The smallest absolute Gasteiger partial charge is 0.394 e. The monoisotopic (exact) mass is 882 g/mol. The molecule has 14 unspecified atom stereocenters. The molecule has 4 aliphatic carbocycles. The Balaban J connectivity index is 1.13. The number of hydrogen-bond donors (Lipinski definition) is 9. The van der Waals surface area contributed by atoms with Crippen molar-refractivity contribution in [3.8, 4) is 0 Å². The van der Waals surface area contributed by atoms with E-state index in [0.29, 0.717) is 25.7 Å². The molecule has 9 N–H and O–H groups in total. The van der Waals surface area contributed by atoms with Gasteiger partial charge in [-0.25, -0.2) is 4.18 Å². The number of hydrogen-bond acceptors (Lipinski definition) is 17. The molecule has 6 rings (SSSR count). The zero-order valence-corrected chi connectivity index (χ0v) is 36.5. The molecule has 0 spiro atoms. The second-order valence-electron chi connectivity index (χ2n) is 19.3. The van der Waals surface area contributed by atoms with Gasteiger partial charge in [-0.15, -0.1) is 0 Å². The van der Waals surface area contributed by atoms with Crippen LogP contribution < -0.4 is 0 Å². The Morgan fingerprint density at radius 2 is 1.55 bits per heavy atom. The molecule has 0 aromatic heterocycles. The normalized spacial score (nSPS) is 49.2. The Bertz CT molecular complexity index is 1590. The average molecular weight is 883 g/mol. The average Bonchev–Trinajstić information content (AvgIpc) is 3.64.